The molecule has 1 aliphatic heterocycles. The van der Waals surface area contributed by atoms with Crippen molar-refractivity contribution < 1.29 is 23.8 Å². The first kappa shape index (κ1) is 21.2. The van der Waals surface area contributed by atoms with E-state index >= 15 is 0 Å². The highest BCUT2D eigenvalue weighted by Crippen LogP contribution is 2.40. The van der Waals surface area contributed by atoms with E-state index in [4.69, 9.17) is 14.2 Å². The van der Waals surface area contributed by atoms with E-state index in [1.165, 1.54) is 0 Å². The van der Waals surface area contributed by atoms with Gasteiger partial charge in [-0.25, -0.2) is 4.79 Å². The molecule has 1 saturated heterocycles. The quantitative estimate of drug-likeness (QED) is 0.708. The van der Waals surface area contributed by atoms with Crippen LogP contribution in [0.5, 0.6) is 0 Å². The maximum atomic E-state index is 13.1. The fourth-order valence-corrected chi connectivity index (χ4v) is 3.44. The van der Waals surface area contributed by atoms with E-state index in [1.54, 1.807) is 4.90 Å². The van der Waals surface area contributed by atoms with Gasteiger partial charge in [-0.3, -0.25) is 9.69 Å². The van der Waals surface area contributed by atoms with Crippen molar-refractivity contribution in [2.45, 2.75) is 79.0 Å². The van der Waals surface area contributed by atoms with Crippen molar-refractivity contribution in [3.63, 3.8) is 0 Å². The van der Waals surface area contributed by atoms with Crippen LogP contribution in [-0.4, -0.2) is 35.4 Å². The Labute approximate surface area is 161 Å². The molecule has 6 heteroatoms. The van der Waals surface area contributed by atoms with Gasteiger partial charge in [0.15, 0.2) is 6.23 Å². The van der Waals surface area contributed by atoms with Crippen molar-refractivity contribution in [3.05, 3.63) is 34.9 Å². The molecule has 0 aliphatic carbocycles. The van der Waals surface area contributed by atoms with Crippen LogP contribution < -0.4 is 0 Å². The number of benzene rings is 1. The molecule has 1 aromatic carbocycles. The Morgan fingerprint density at radius 3 is 2.33 bits per heavy atom. The van der Waals surface area contributed by atoms with Gasteiger partial charge in [-0.15, -0.1) is 0 Å². The number of amides is 1. The number of rotatable bonds is 5. The molecule has 0 aromatic heterocycles. The van der Waals surface area contributed by atoms with Crippen LogP contribution in [0.25, 0.3) is 0 Å². The van der Waals surface area contributed by atoms with Crippen molar-refractivity contribution in [1.29, 1.82) is 0 Å². The smallest absolute Gasteiger partial charge is 0.413 e. The summed E-state index contributed by atoms with van der Waals surface area (Å²) in [6.07, 6.45) is -1.35. The number of ether oxygens (including phenoxy) is 3. The minimum atomic E-state index is -0.832. The molecule has 0 radical (unpaired) electrons. The zero-order valence-corrected chi connectivity index (χ0v) is 17.3. The van der Waals surface area contributed by atoms with E-state index in [1.807, 2.05) is 52.8 Å². The van der Waals surface area contributed by atoms with Gasteiger partial charge in [0.05, 0.1) is 0 Å². The summed E-state index contributed by atoms with van der Waals surface area (Å²) in [6.45, 7) is 13.9. The number of nitrogens with zero attached hydrogens (tertiary/aromatic N) is 1. The van der Waals surface area contributed by atoms with E-state index in [0.29, 0.717) is 12.9 Å². The maximum absolute atomic E-state index is 13.1. The normalized spacial score (nSPS) is 22.8. The lowest BCUT2D eigenvalue weighted by molar-refractivity contribution is -0.163. The van der Waals surface area contributed by atoms with Crippen molar-refractivity contribution >= 4 is 12.6 Å². The Kier molecular flexibility index (Phi) is 6.52. The summed E-state index contributed by atoms with van der Waals surface area (Å²) in [5.74, 6) is 0.276. The second-order valence-electron chi connectivity index (χ2n) is 8.48. The molecule has 27 heavy (non-hydrogen) atoms. The molecule has 1 amide bonds. The van der Waals surface area contributed by atoms with E-state index in [0.717, 1.165) is 16.7 Å². The van der Waals surface area contributed by atoms with Gasteiger partial charge in [0.25, 0.3) is 6.47 Å². The first-order valence-corrected chi connectivity index (χ1v) is 9.37. The van der Waals surface area contributed by atoms with Crippen molar-refractivity contribution in [3.8, 4) is 0 Å². The predicted molar refractivity (Wildman–Crippen MR) is 102 cm³/mol. The van der Waals surface area contributed by atoms with Gasteiger partial charge in [-0.1, -0.05) is 32.0 Å². The largest absolute Gasteiger partial charge is 0.444 e. The van der Waals surface area contributed by atoms with Crippen LogP contribution in [0.15, 0.2) is 18.2 Å². The van der Waals surface area contributed by atoms with Crippen molar-refractivity contribution in [2.75, 3.05) is 0 Å². The molecule has 0 N–H and O–H groups in total. The Morgan fingerprint density at radius 2 is 1.85 bits per heavy atom. The number of hydrogen-bond donors (Lipinski definition) is 0. The fourth-order valence-electron chi connectivity index (χ4n) is 3.44. The molecule has 1 unspecified atom stereocenters. The molecule has 150 valence electrons. The summed E-state index contributed by atoms with van der Waals surface area (Å²) in [7, 11) is 0. The minimum absolute atomic E-state index is 0.276. The molecule has 0 spiro atoms. The second-order valence-corrected chi connectivity index (χ2v) is 8.48. The lowest BCUT2D eigenvalue weighted by atomic mass is 9.99. The van der Waals surface area contributed by atoms with Crippen molar-refractivity contribution in [1.82, 2.24) is 4.90 Å². The summed E-state index contributed by atoms with van der Waals surface area (Å²) in [6, 6.07) is 5.50. The van der Waals surface area contributed by atoms with Crippen LogP contribution in [0.4, 0.5) is 4.79 Å². The van der Waals surface area contributed by atoms with Gasteiger partial charge < -0.3 is 14.2 Å². The van der Waals surface area contributed by atoms with Crippen LogP contribution in [0, 0.1) is 19.8 Å². The average molecular weight is 377 g/mol. The van der Waals surface area contributed by atoms with E-state index in [-0.39, 0.29) is 5.92 Å². The van der Waals surface area contributed by atoms with Crippen LogP contribution >= 0.6 is 0 Å². The Hall–Kier alpha value is -2.08. The molecule has 2 rings (SSSR count). The fraction of sp³-hybridized carbons (Fsp3) is 0.619. The molecule has 1 aromatic rings. The van der Waals surface area contributed by atoms with Gasteiger partial charge in [-0.05, 0) is 58.1 Å². The van der Waals surface area contributed by atoms with Crippen LogP contribution in [0.3, 0.4) is 0 Å². The minimum Gasteiger partial charge on any atom is -0.444 e. The first-order chi connectivity index (χ1) is 12.5. The van der Waals surface area contributed by atoms with Crippen LogP contribution in [-0.2, 0) is 19.0 Å². The van der Waals surface area contributed by atoms with Crippen LogP contribution in [0.2, 0.25) is 0 Å². The number of hydrogen-bond acceptors (Lipinski definition) is 5. The lowest BCUT2D eigenvalue weighted by Gasteiger charge is -2.32. The Morgan fingerprint density at radius 1 is 1.26 bits per heavy atom. The second kappa shape index (κ2) is 8.30. The number of aryl methyl sites for hydroxylation is 2. The summed E-state index contributed by atoms with van der Waals surface area (Å²) >= 11 is 0. The van der Waals surface area contributed by atoms with Gasteiger partial charge in [0, 0.05) is 5.56 Å². The van der Waals surface area contributed by atoms with Crippen molar-refractivity contribution in [2.24, 2.45) is 5.92 Å². The summed E-state index contributed by atoms with van der Waals surface area (Å²) in [5.41, 5.74) is 2.26. The first-order valence-electron chi connectivity index (χ1n) is 9.37. The standard InChI is InChI=1S/C21H31NO5/c1-13(2)11-16-19(25-12-23)26-18(17-14(3)9-8-10-15(17)4)22(16)20(24)27-21(5,6)7/h8-10,12-13,16,18-19H,11H2,1-7H3/t16-,18?,19+/m0/s1. The van der Waals surface area contributed by atoms with E-state index in [9.17, 15) is 9.59 Å². The third-order valence-electron chi connectivity index (χ3n) is 4.48. The summed E-state index contributed by atoms with van der Waals surface area (Å²) < 4.78 is 16.9. The topological polar surface area (TPSA) is 65.1 Å². The number of carbonyl (C=O) groups excluding carboxylic acids is 2. The third-order valence-corrected chi connectivity index (χ3v) is 4.48. The molecule has 0 bridgehead atoms. The monoisotopic (exact) mass is 377 g/mol. The molecule has 0 saturated carbocycles. The molecule has 1 fully saturated rings. The average Bonchev–Trinajstić information content (AvgIpc) is 2.83. The van der Waals surface area contributed by atoms with E-state index < -0.39 is 30.3 Å². The lowest BCUT2D eigenvalue weighted by Crippen LogP contribution is -2.44. The van der Waals surface area contributed by atoms with Crippen LogP contribution in [0.1, 0.15) is 64.0 Å². The van der Waals surface area contributed by atoms with Gasteiger partial charge in [0.1, 0.15) is 11.6 Å². The molecule has 1 heterocycles. The van der Waals surface area contributed by atoms with Gasteiger partial charge in [-0.2, -0.15) is 0 Å². The highest BCUT2D eigenvalue weighted by Gasteiger charge is 2.49. The predicted octanol–water partition coefficient (Wildman–Crippen LogP) is 4.48. The Balaban J connectivity index is 2.51. The number of carbonyl (C=O) groups is 2. The molecule has 3 atom stereocenters. The van der Waals surface area contributed by atoms with Gasteiger partial charge in [0.2, 0.25) is 6.29 Å². The molecule has 1 aliphatic rings. The molecule has 6 nitrogen and oxygen atoms in total. The Bertz CT molecular complexity index is 659. The van der Waals surface area contributed by atoms with Gasteiger partial charge >= 0.3 is 6.09 Å². The zero-order chi connectivity index (χ0) is 20.4. The SMILES string of the molecule is Cc1cccc(C)c1C1O[C@@H](OC=O)[C@H](CC(C)C)N1C(=O)OC(C)(C)C. The maximum Gasteiger partial charge on any atom is 0.413 e. The third kappa shape index (κ3) is 5.01. The van der Waals surface area contributed by atoms with E-state index in [2.05, 4.69) is 13.8 Å². The molecular weight excluding hydrogens is 346 g/mol. The highest BCUT2D eigenvalue weighted by molar-refractivity contribution is 5.70. The summed E-state index contributed by atoms with van der Waals surface area (Å²) in [4.78, 5) is 25.7. The zero-order valence-electron chi connectivity index (χ0n) is 17.3. The highest BCUT2D eigenvalue weighted by atomic mass is 16.7. The molecular formula is C21H31NO5. The summed E-state index contributed by atoms with van der Waals surface area (Å²) in [5, 5.41) is 0.